The van der Waals surface area contributed by atoms with Crippen LogP contribution >= 0.6 is 46.8 Å². The number of alkyl halides is 3. The van der Waals surface area contributed by atoms with Gasteiger partial charge in [0, 0.05) is 11.9 Å². The van der Waals surface area contributed by atoms with Gasteiger partial charge in [-0.2, -0.15) is 0 Å². The highest BCUT2D eigenvalue weighted by atomic mass is 35.6. The maximum atomic E-state index is 11.9. The second-order valence-corrected chi connectivity index (χ2v) is 8.22. The molecule has 0 spiro atoms. The van der Waals surface area contributed by atoms with Gasteiger partial charge in [-0.25, -0.2) is 4.31 Å². The SMILES string of the molecule is O=C1C2CC=CCC2C(=O)N1SC(Cl)(Cl)Cl.OCCO. The van der Waals surface area contributed by atoms with Gasteiger partial charge in [-0.1, -0.05) is 47.0 Å². The number of hydrogen-bond donors (Lipinski definition) is 2. The topological polar surface area (TPSA) is 77.8 Å². The summed E-state index contributed by atoms with van der Waals surface area (Å²) in [5.41, 5.74) is 0. The lowest BCUT2D eigenvalue weighted by Crippen LogP contribution is -2.26. The molecular formula is C11H14Cl3NO4S. The summed E-state index contributed by atoms with van der Waals surface area (Å²) in [6, 6.07) is 0. The number of nitrogens with zero attached hydrogens (tertiary/aromatic N) is 1. The number of rotatable bonds is 2. The minimum absolute atomic E-state index is 0.125. The molecule has 2 amide bonds. The van der Waals surface area contributed by atoms with Gasteiger partial charge in [-0.3, -0.25) is 9.59 Å². The van der Waals surface area contributed by atoms with Crippen molar-refractivity contribution in [2.75, 3.05) is 13.2 Å². The molecule has 2 rings (SSSR count). The molecule has 20 heavy (non-hydrogen) atoms. The van der Waals surface area contributed by atoms with E-state index in [1.54, 1.807) is 0 Å². The number of aliphatic hydroxyl groups excluding tert-OH is 2. The molecule has 0 aromatic rings. The van der Waals surface area contributed by atoms with E-state index in [9.17, 15) is 9.59 Å². The van der Waals surface area contributed by atoms with Gasteiger partial charge in [-0.05, 0) is 12.8 Å². The first-order valence-electron chi connectivity index (χ1n) is 5.82. The van der Waals surface area contributed by atoms with Crippen LogP contribution in [-0.2, 0) is 9.59 Å². The van der Waals surface area contributed by atoms with E-state index >= 15 is 0 Å². The number of amides is 2. The van der Waals surface area contributed by atoms with Crippen molar-refractivity contribution in [2.45, 2.75) is 16.0 Å². The lowest BCUT2D eigenvalue weighted by Gasteiger charge is -2.17. The molecule has 2 aliphatic rings. The fraction of sp³-hybridized carbons (Fsp3) is 0.636. The number of allylic oxidation sites excluding steroid dienone is 2. The molecule has 0 bridgehead atoms. The number of carbonyl (C=O) groups excluding carboxylic acids is 2. The molecule has 1 aliphatic carbocycles. The third-order valence-corrected chi connectivity index (χ3v) is 4.13. The zero-order chi connectivity index (χ0) is 15.3. The van der Waals surface area contributed by atoms with Gasteiger partial charge in [-0.15, -0.1) is 0 Å². The number of halogens is 3. The molecule has 114 valence electrons. The van der Waals surface area contributed by atoms with Crippen LogP contribution in [0.2, 0.25) is 0 Å². The Kier molecular flexibility index (Phi) is 7.11. The molecule has 0 saturated carbocycles. The van der Waals surface area contributed by atoms with Crippen LogP contribution in [-0.4, -0.2) is 42.7 Å². The molecule has 0 aromatic carbocycles. The number of fused-ring (bicyclic) bond motifs is 1. The standard InChI is InChI=1S/C9H8Cl3NO2S.C2H6O2/c10-9(11,12)16-13-7(14)5-3-1-2-4-6(5)8(13)15;3-1-2-4/h1-2,5-6H,3-4H2;3-4H,1-2H2. The molecule has 9 heteroatoms. The van der Waals surface area contributed by atoms with Crippen LogP contribution in [0, 0.1) is 11.8 Å². The third kappa shape index (κ3) is 4.79. The smallest absolute Gasteiger partial charge is 0.256 e. The van der Waals surface area contributed by atoms with Crippen LogP contribution in [0.3, 0.4) is 0 Å². The molecule has 5 nitrogen and oxygen atoms in total. The molecule has 1 aliphatic heterocycles. The lowest BCUT2D eigenvalue weighted by molar-refractivity contribution is -0.133. The summed E-state index contributed by atoms with van der Waals surface area (Å²) < 4.78 is -0.693. The zero-order valence-electron chi connectivity index (χ0n) is 10.3. The summed E-state index contributed by atoms with van der Waals surface area (Å²) >= 11 is 17.4. The van der Waals surface area contributed by atoms with E-state index in [1.807, 2.05) is 12.2 Å². The highest BCUT2D eigenvalue weighted by Crippen LogP contribution is 2.46. The first-order chi connectivity index (χ1) is 9.31. The van der Waals surface area contributed by atoms with Crippen LogP contribution in [0.4, 0.5) is 0 Å². The Bertz CT molecular complexity index is 372. The average molecular weight is 363 g/mol. The van der Waals surface area contributed by atoms with E-state index in [0.29, 0.717) is 24.8 Å². The van der Waals surface area contributed by atoms with Crippen LogP contribution in [0.1, 0.15) is 12.8 Å². The molecule has 0 aromatic heterocycles. The van der Waals surface area contributed by atoms with Crippen LogP contribution < -0.4 is 0 Å². The predicted molar refractivity (Wildman–Crippen MR) is 79.3 cm³/mol. The Morgan fingerprint density at radius 3 is 1.80 bits per heavy atom. The summed E-state index contributed by atoms with van der Waals surface area (Å²) in [4.78, 5) is 23.8. The van der Waals surface area contributed by atoms with Crippen molar-refractivity contribution in [3.63, 3.8) is 0 Å². The molecule has 1 fully saturated rings. The summed E-state index contributed by atoms with van der Waals surface area (Å²) in [7, 11) is 0. The molecule has 1 heterocycles. The first kappa shape index (κ1) is 18.1. The highest BCUT2D eigenvalue weighted by molar-refractivity contribution is 8.03. The van der Waals surface area contributed by atoms with E-state index in [2.05, 4.69) is 0 Å². The maximum Gasteiger partial charge on any atom is 0.256 e. The van der Waals surface area contributed by atoms with E-state index in [1.165, 1.54) is 0 Å². The Balaban J connectivity index is 0.000000444. The maximum absolute atomic E-state index is 11.9. The minimum Gasteiger partial charge on any atom is -0.394 e. The predicted octanol–water partition coefficient (Wildman–Crippen LogP) is 1.88. The Morgan fingerprint density at radius 2 is 1.50 bits per heavy atom. The van der Waals surface area contributed by atoms with Crippen molar-refractivity contribution in [1.82, 2.24) is 4.31 Å². The van der Waals surface area contributed by atoms with Gasteiger partial charge in [0.1, 0.15) is 0 Å². The molecule has 1 saturated heterocycles. The van der Waals surface area contributed by atoms with Crippen molar-refractivity contribution < 1.29 is 19.8 Å². The lowest BCUT2D eigenvalue weighted by atomic mass is 9.85. The summed E-state index contributed by atoms with van der Waals surface area (Å²) in [6.45, 7) is -0.250. The molecule has 2 atom stereocenters. The van der Waals surface area contributed by atoms with Gasteiger partial charge in [0.25, 0.3) is 3.12 Å². The average Bonchev–Trinajstić information content (AvgIpc) is 2.63. The Morgan fingerprint density at radius 1 is 1.10 bits per heavy atom. The van der Waals surface area contributed by atoms with Crippen molar-refractivity contribution in [1.29, 1.82) is 0 Å². The van der Waals surface area contributed by atoms with Gasteiger partial charge in [0.05, 0.1) is 25.0 Å². The molecular weight excluding hydrogens is 349 g/mol. The summed E-state index contributed by atoms with van der Waals surface area (Å²) in [5, 5.41) is 15.2. The van der Waals surface area contributed by atoms with Crippen molar-refractivity contribution in [3.05, 3.63) is 12.2 Å². The van der Waals surface area contributed by atoms with Crippen molar-refractivity contribution in [3.8, 4) is 0 Å². The Labute approximate surface area is 136 Å². The second-order valence-electron chi connectivity index (χ2n) is 4.11. The van der Waals surface area contributed by atoms with Gasteiger partial charge >= 0.3 is 0 Å². The van der Waals surface area contributed by atoms with E-state index in [-0.39, 0.29) is 36.9 Å². The monoisotopic (exact) mass is 361 g/mol. The van der Waals surface area contributed by atoms with Crippen LogP contribution in [0.5, 0.6) is 0 Å². The molecule has 0 radical (unpaired) electrons. The van der Waals surface area contributed by atoms with E-state index < -0.39 is 3.12 Å². The fourth-order valence-electron chi connectivity index (χ4n) is 1.96. The number of aliphatic hydroxyl groups is 2. The number of carbonyl (C=O) groups is 2. The molecule has 2 unspecified atom stereocenters. The molecule has 2 N–H and O–H groups in total. The summed E-state index contributed by atoms with van der Waals surface area (Å²) in [6.07, 6.45) is 5.00. The van der Waals surface area contributed by atoms with Crippen molar-refractivity contribution in [2.24, 2.45) is 11.8 Å². The normalized spacial score (nSPS) is 25.4. The summed E-state index contributed by atoms with van der Waals surface area (Å²) in [5.74, 6) is -1.07. The fourth-order valence-corrected chi connectivity index (χ4v) is 3.24. The van der Waals surface area contributed by atoms with Gasteiger partial charge in [0.2, 0.25) is 11.8 Å². The van der Waals surface area contributed by atoms with Crippen molar-refractivity contribution >= 4 is 58.6 Å². The highest BCUT2D eigenvalue weighted by Gasteiger charge is 2.49. The third-order valence-electron chi connectivity index (χ3n) is 2.76. The number of imide groups is 1. The first-order valence-corrected chi connectivity index (χ1v) is 7.73. The minimum atomic E-state index is -1.69. The largest absolute Gasteiger partial charge is 0.394 e. The van der Waals surface area contributed by atoms with Crippen LogP contribution in [0.15, 0.2) is 12.2 Å². The Hall–Kier alpha value is 0.0200. The van der Waals surface area contributed by atoms with E-state index in [0.717, 1.165) is 4.31 Å². The second kappa shape index (κ2) is 7.87. The zero-order valence-corrected chi connectivity index (χ0v) is 13.4. The van der Waals surface area contributed by atoms with Gasteiger partial charge < -0.3 is 10.2 Å². The van der Waals surface area contributed by atoms with Crippen LogP contribution in [0.25, 0.3) is 0 Å². The van der Waals surface area contributed by atoms with E-state index in [4.69, 9.17) is 45.0 Å². The number of hydrogen-bond acceptors (Lipinski definition) is 5. The quantitative estimate of drug-likeness (QED) is 0.339. The van der Waals surface area contributed by atoms with Gasteiger partial charge in [0.15, 0.2) is 0 Å².